The number of ether oxygens (including phenoxy) is 2. The fraction of sp³-hybridized carbons (Fsp3) is 1.00. The summed E-state index contributed by atoms with van der Waals surface area (Å²) >= 11 is 0. The molecule has 4 rings (SSSR count). The molecule has 2 heterocycles. The van der Waals surface area contributed by atoms with E-state index in [9.17, 15) is 0 Å². The zero-order chi connectivity index (χ0) is 15.9. The van der Waals surface area contributed by atoms with Crippen LogP contribution in [-0.4, -0.2) is 43.0 Å². The quantitative estimate of drug-likeness (QED) is 0.765. The van der Waals surface area contributed by atoms with Crippen molar-refractivity contribution < 1.29 is 9.47 Å². The van der Waals surface area contributed by atoms with Crippen molar-refractivity contribution in [1.82, 2.24) is 4.90 Å². The van der Waals surface area contributed by atoms with Crippen molar-refractivity contribution in [3.63, 3.8) is 0 Å². The Labute approximate surface area is 142 Å². The molecule has 0 amide bonds. The van der Waals surface area contributed by atoms with Crippen LogP contribution in [0.3, 0.4) is 0 Å². The molecular weight excluding hydrogens is 286 g/mol. The summed E-state index contributed by atoms with van der Waals surface area (Å²) < 4.78 is 12.8. The molecule has 0 bridgehead atoms. The smallest absolute Gasteiger partial charge is 0.169 e. The monoisotopic (exact) mass is 321 g/mol. The van der Waals surface area contributed by atoms with Gasteiger partial charge in [0.2, 0.25) is 0 Å². The first-order valence-electron chi connectivity index (χ1n) is 10.2. The highest BCUT2D eigenvalue weighted by Gasteiger charge is 2.48. The molecule has 3 nitrogen and oxygen atoms in total. The van der Waals surface area contributed by atoms with E-state index in [1.807, 2.05) is 0 Å². The molecule has 2 saturated heterocycles. The van der Waals surface area contributed by atoms with Crippen LogP contribution in [0, 0.1) is 23.7 Å². The largest absolute Gasteiger partial charge is 0.347 e. The van der Waals surface area contributed by atoms with Gasteiger partial charge in [0.1, 0.15) is 0 Å². The van der Waals surface area contributed by atoms with Gasteiger partial charge in [0, 0.05) is 32.5 Å². The van der Waals surface area contributed by atoms with Crippen LogP contribution in [0.5, 0.6) is 0 Å². The van der Waals surface area contributed by atoms with Gasteiger partial charge in [-0.3, -0.25) is 0 Å². The van der Waals surface area contributed by atoms with E-state index in [-0.39, 0.29) is 5.79 Å². The minimum Gasteiger partial charge on any atom is -0.347 e. The predicted octanol–water partition coefficient (Wildman–Crippen LogP) is 4.07. The van der Waals surface area contributed by atoms with Gasteiger partial charge in [0.15, 0.2) is 5.79 Å². The summed E-state index contributed by atoms with van der Waals surface area (Å²) in [4.78, 5) is 2.62. The van der Waals surface area contributed by atoms with Gasteiger partial charge in [0.05, 0.1) is 12.7 Å². The number of rotatable bonds is 2. The van der Waals surface area contributed by atoms with Gasteiger partial charge < -0.3 is 14.4 Å². The van der Waals surface area contributed by atoms with Crippen LogP contribution in [-0.2, 0) is 9.47 Å². The Morgan fingerprint density at radius 3 is 2.52 bits per heavy atom. The van der Waals surface area contributed by atoms with Gasteiger partial charge in [-0.15, -0.1) is 0 Å². The summed E-state index contributed by atoms with van der Waals surface area (Å²) in [6, 6.07) is 0. The van der Waals surface area contributed by atoms with E-state index in [4.69, 9.17) is 9.47 Å². The number of piperidine rings is 1. The lowest BCUT2D eigenvalue weighted by atomic mass is 9.69. The maximum Gasteiger partial charge on any atom is 0.169 e. The maximum absolute atomic E-state index is 6.55. The Morgan fingerprint density at radius 1 is 1.00 bits per heavy atom. The first-order valence-corrected chi connectivity index (χ1v) is 10.2. The molecule has 0 aromatic rings. The number of nitrogens with zero attached hydrogens (tertiary/aromatic N) is 1. The van der Waals surface area contributed by atoms with Crippen LogP contribution in [0.1, 0.15) is 65.2 Å². The van der Waals surface area contributed by atoms with Crippen LogP contribution >= 0.6 is 0 Å². The molecule has 2 aliphatic heterocycles. The van der Waals surface area contributed by atoms with Gasteiger partial charge in [0.25, 0.3) is 0 Å². The summed E-state index contributed by atoms with van der Waals surface area (Å²) in [6.07, 6.45) is 11.0. The van der Waals surface area contributed by atoms with Crippen molar-refractivity contribution in [1.29, 1.82) is 0 Å². The Balaban J connectivity index is 1.32. The van der Waals surface area contributed by atoms with Crippen molar-refractivity contribution >= 4 is 0 Å². The van der Waals surface area contributed by atoms with Crippen LogP contribution in [0.4, 0.5) is 0 Å². The first-order chi connectivity index (χ1) is 11.1. The van der Waals surface area contributed by atoms with Crippen LogP contribution < -0.4 is 0 Å². The number of hydrogen-bond donors (Lipinski definition) is 0. The molecule has 6 atom stereocenters. The Bertz CT molecular complexity index is 404. The highest BCUT2D eigenvalue weighted by molar-refractivity contribution is 4.92. The average molecular weight is 322 g/mol. The molecular formula is C20H35NO2. The third-order valence-corrected chi connectivity index (χ3v) is 6.86. The molecule has 0 aromatic carbocycles. The third-order valence-electron chi connectivity index (χ3n) is 6.86. The van der Waals surface area contributed by atoms with E-state index in [2.05, 4.69) is 18.7 Å². The molecule has 0 aromatic heterocycles. The number of hydrogen-bond acceptors (Lipinski definition) is 3. The Morgan fingerprint density at radius 2 is 1.74 bits per heavy atom. The van der Waals surface area contributed by atoms with E-state index in [1.54, 1.807) is 0 Å². The highest BCUT2D eigenvalue weighted by atomic mass is 16.7. The van der Waals surface area contributed by atoms with Crippen LogP contribution in [0.2, 0.25) is 0 Å². The topological polar surface area (TPSA) is 21.7 Å². The van der Waals surface area contributed by atoms with Gasteiger partial charge in [-0.1, -0.05) is 33.1 Å². The normalized spacial score (nSPS) is 48.5. The van der Waals surface area contributed by atoms with E-state index in [0.717, 1.165) is 43.2 Å². The summed E-state index contributed by atoms with van der Waals surface area (Å²) in [7, 11) is 0. The van der Waals surface area contributed by atoms with E-state index < -0.39 is 0 Å². The van der Waals surface area contributed by atoms with Crippen LogP contribution in [0.15, 0.2) is 0 Å². The molecule has 4 fully saturated rings. The summed E-state index contributed by atoms with van der Waals surface area (Å²) in [5.41, 5.74) is 0. The van der Waals surface area contributed by atoms with E-state index in [0.29, 0.717) is 6.10 Å². The zero-order valence-electron chi connectivity index (χ0n) is 15.1. The molecule has 1 spiro atoms. The van der Waals surface area contributed by atoms with Crippen molar-refractivity contribution in [2.45, 2.75) is 77.1 Å². The average Bonchev–Trinajstić information content (AvgIpc) is 2.88. The second-order valence-corrected chi connectivity index (χ2v) is 9.17. The van der Waals surface area contributed by atoms with Gasteiger partial charge in [-0.2, -0.15) is 0 Å². The van der Waals surface area contributed by atoms with E-state index >= 15 is 0 Å². The molecule has 0 N–H and O–H groups in total. The summed E-state index contributed by atoms with van der Waals surface area (Å²) in [6.45, 7) is 9.14. The molecule has 2 saturated carbocycles. The van der Waals surface area contributed by atoms with Crippen molar-refractivity contribution in [3.8, 4) is 0 Å². The number of likely N-dealkylation sites (tertiary alicyclic amines) is 1. The lowest BCUT2D eigenvalue weighted by molar-refractivity contribution is -0.208. The zero-order valence-corrected chi connectivity index (χ0v) is 15.1. The minimum atomic E-state index is -0.212. The molecule has 3 heteroatoms. The molecule has 4 aliphatic rings. The molecule has 6 unspecified atom stereocenters. The van der Waals surface area contributed by atoms with Gasteiger partial charge in [-0.05, 0) is 42.9 Å². The van der Waals surface area contributed by atoms with Crippen molar-refractivity contribution in [3.05, 3.63) is 0 Å². The third kappa shape index (κ3) is 3.62. The number of fused-ring (bicyclic) bond motifs is 1. The Kier molecular flexibility index (Phi) is 4.73. The standard InChI is InChI=1S/C20H35NO2/c1-15-9-16(2)12-21(11-15)13-19-14-22-20(23-19)8-7-17-5-3-4-6-18(17)10-20/h15-19H,3-14H2,1-2H3. The van der Waals surface area contributed by atoms with Crippen molar-refractivity contribution in [2.24, 2.45) is 23.7 Å². The SMILES string of the molecule is CC1CC(C)CN(CC2COC3(CCC4CCCCC4C3)O2)C1. The van der Waals surface area contributed by atoms with E-state index in [1.165, 1.54) is 58.0 Å². The fourth-order valence-corrected chi connectivity index (χ4v) is 6.01. The van der Waals surface area contributed by atoms with Crippen molar-refractivity contribution in [2.75, 3.05) is 26.2 Å². The molecule has 132 valence electrons. The second kappa shape index (κ2) is 6.65. The Hall–Kier alpha value is -0.120. The molecule has 23 heavy (non-hydrogen) atoms. The second-order valence-electron chi connectivity index (χ2n) is 9.17. The van der Waals surface area contributed by atoms with Gasteiger partial charge in [-0.25, -0.2) is 0 Å². The minimum absolute atomic E-state index is 0.212. The summed E-state index contributed by atoms with van der Waals surface area (Å²) in [5, 5.41) is 0. The highest BCUT2D eigenvalue weighted by Crippen LogP contribution is 2.48. The molecule has 2 aliphatic carbocycles. The van der Waals surface area contributed by atoms with Gasteiger partial charge >= 0.3 is 0 Å². The lowest BCUT2D eigenvalue weighted by Crippen LogP contribution is -2.45. The first kappa shape index (κ1) is 16.4. The van der Waals surface area contributed by atoms with Crippen LogP contribution in [0.25, 0.3) is 0 Å². The predicted molar refractivity (Wildman–Crippen MR) is 92.2 cm³/mol. The fourth-order valence-electron chi connectivity index (χ4n) is 6.01. The molecule has 0 radical (unpaired) electrons. The lowest BCUT2D eigenvalue weighted by Gasteiger charge is -2.44. The summed E-state index contributed by atoms with van der Waals surface area (Å²) in [5.74, 6) is 3.27. The maximum atomic E-state index is 6.55.